The number of hydrogen-bond donors (Lipinski definition) is 3. The minimum Gasteiger partial charge on any atom is -0.475 e. The van der Waals surface area contributed by atoms with Gasteiger partial charge in [0, 0.05) is 45.7 Å². The van der Waals surface area contributed by atoms with Crippen molar-refractivity contribution in [3.8, 4) is 0 Å². The number of anilines is 1. The minimum absolute atomic E-state index is 0.175. The lowest BCUT2D eigenvalue weighted by Gasteiger charge is -2.34. The number of aliphatic carboxylic acids is 1. The third kappa shape index (κ3) is 9.57. The molecule has 3 heterocycles. The van der Waals surface area contributed by atoms with E-state index in [1.165, 1.54) is 29.2 Å². The summed E-state index contributed by atoms with van der Waals surface area (Å²) in [6, 6.07) is 5.12. The maximum absolute atomic E-state index is 14.3. The average molecular weight is 718 g/mol. The standard InChI is InChI=1S/C24H28ClF2N5O5S2.C2HF3O2/c1-30-10-12-31(13-11-30)24(35)15(14-28-23(34)17-7-8-19(25)38-17)29-39(36,37)18-5-2-4-16(21(18)22(26)27)32-9-3-6-20(32)33;3-2(4,5)1(6)7/h2,4-5,7-8,15,22,29H,3,6,9-14H2,1H3,(H,28,34);(H,6,7)/t15-;/m0./s1. The number of sulfonamides is 1. The molecule has 20 heteroatoms. The summed E-state index contributed by atoms with van der Waals surface area (Å²) < 4.78 is 90.0. The van der Waals surface area contributed by atoms with E-state index in [-0.39, 0.29) is 29.4 Å². The third-order valence-electron chi connectivity index (χ3n) is 6.83. The highest BCUT2D eigenvalue weighted by Crippen LogP contribution is 2.37. The van der Waals surface area contributed by atoms with Crippen LogP contribution in [0.25, 0.3) is 0 Å². The number of benzene rings is 1. The molecular formula is C26H29ClF5N5O7S2. The summed E-state index contributed by atoms with van der Waals surface area (Å²) in [5.41, 5.74) is -0.997. The smallest absolute Gasteiger partial charge is 0.475 e. The molecule has 46 heavy (non-hydrogen) atoms. The Labute approximate surface area is 269 Å². The van der Waals surface area contributed by atoms with Crippen LogP contribution in [0.1, 0.15) is 34.5 Å². The van der Waals surface area contributed by atoms with Crippen LogP contribution in [-0.4, -0.2) is 106 Å². The van der Waals surface area contributed by atoms with Gasteiger partial charge in [-0.25, -0.2) is 22.0 Å². The second kappa shape index (κ2) is 15.5. The Kier molecular flexibility index (Phi) is 12.5. The Morgan fingerprint density at radius 2 is 1.70 bits per heavy atom. The molecule has 1 aromatic heterocycles. The summed E-state index contributed by atoms with van der Waals surface area (Å²) in [6.45, 7) is 1.55. The van der Waals surface area contributed by atoms with Crippen LogP contribution in [-0.2, 0) is 24.4 Å². The second-order valence-corrected chi connectivity index (χ2v) is 13.5. The van der Waals surface area contributed by atoms with Gasteiger partial charge in [-0.3, -0.25) is 14.4 Å². The summed E-state index contributed by atoms with van der Waals surface area (Å²) in [5, 5.41) is 9.67. The number of likely N-dealkylation sites (N-methyl/N-ethyl adjacent to an activating group) is 1. The van der Waals surface area contributed by atoms with Crippen LogP contribution in [0.3, 0.4) is 0 Å². The molecule has 3 N–H and O–H groups in total. The molecular weight excluding hydrogens is 689 g/mol. The fraction of sp³-hybridized carbons (Fsp3) is 0.462. The van der Waals surface area contributed by atoms with E-state index < -0.39 is 63.5 Å². The predicted molar refractivity (Wildman–Crippen MR) is 157 cm³/mol. The van der Waals surface area contributed by atoms with Gasteiger partial charge in [-0.2, -0.15) is 17.9 Å². The first-order chi connectivity index (χ1) is 21.4. The number of nitrogens with zero attached hydrogens (tertiary/aromatic N) is 3. The number of carbonyl (C=O) groups is 4. The van der Waals surface area contributed by atoms with Crippen LogP contribution >= 0.6 is 22.9 Å². The first kappa shape index (κ1) is 37.1. The highest BCUT2D eigenvalue weighted by molar-refractivity contribution is 7.89. The number of rotatable bonds is 9. The fourth-order valence-corrected chi connectivity index (χ4v) is 6.91. The van der Waals surface area contributed by atoms with Crippen LogP contribution in [0.5, 0.6) is 0 Å². The molecule has 0 unspecified atom stereocenters. The Balaban J connectivity index is 0.000000738. The van der Waals surface area contributed by atoms with Crippen LogP contribution < -0.4 is 14.9 Å². The molecule has 254 valence electrons. The van der Waals surface area contributed by atoms with Crippen molar-refractivity contribution in [3.63, 3.8) is 0 Å². The molecule has 2 saturated heterocycles. The quantitative estimate of drug-likeness (QED) is 0.335. The Bertz CT molecular complexity index is 1550. The molecule has 0 radical (unpaired) electrons. The van der Waals surface area contributed by atoms with Crippen LogP contribution in [0.4, 0.5) is 27.6 Å². The van der Waals surface area contributed by atoms with Crippen LogP contribution in [0.15, 0.2) is 35.2 Å². The molecule has 0 bridgehead atoms. The zero-order valence-corrected chi connectivity index (χ0v) is 26.4. The van der Waals surface area contributed by atoms with Gasteiger partial charge in [0.05, 0.1) is 25.4 Å². The van der Waals surface area contributed by atoms with Gasteiger partial charge in [0.1, 0.15) is 6.04 Å². The first-order valence-electron chi connectivity index (χ1n) is 13.5. The molecule has 2 fully saturated rings. The number of carbonyl (C=O) groups excluding carboxylic acids is 3. The lowest BCUT2D eigenvalue weighted by atomic mass is 10.1. The number of nitrogens with one attached hydrogen (secondary N) is 2. The van der Waals surface area contributed by atoms with Gasteiger partial charge in [-0.05, 0) is 37.7 Å². The van der Waals surface area contributed by atoms with E-state index >= 15 is 0 Å². The van der Waals surface area contributed by atoms with E-state index in [2.05, 4.69) is 10.0 Å². The topological polar surface area (TPSA) is 156 Å². The average Bonchev–Trinajstić information content (AvgIpc) is 3.62. The van der Waals surface area contributed by atoms with E-state index in [1.807, 2.05) is 11.9 Å². The molecule has 0 saturated carbocycles. The zero-order valence-electron chi connectivity index (χ0n) is 24.0. The number of piperazine rings is 1. The van der Waals surface area contributed by atoms with Gasteiger partial charge in [-0.1, -0.05) is 17.7 Å². The number of alkyl halides is 5. The van der Waals surface area contributed by atoms with Gasteiger partial charge in [0.25, 0.3) is 12.3 Å². The summed E-state index contributed by atoms with van der Waals surface area (Å²) in [6.07, 6.45) is -7.65. The summed E-state index contributed by atoms with van der Waals surface area (Å²) in [4.78, 5) is 51.3. The Morgan fingerprint density at radius 3 is 2.20 bits per heavy atom. The molecule has 2 aromatic rings. The van der Waals surface area contributed by atoms with Crippen molar-refractivity contribution in [1.29, 1.82) is 0 Å². The van der Waals surface area contributed by atoms with Gasteiger partial charge >= 0.3 is 12.1 Å². The minimum atomic E-state index is -5.08. The molecule has 12 nitrogen and oxygen atoms in total. The largest absolute Gasteiger partial charge is 0.490 e. The van der Waals surface area contributed by atoms with Gasteiger partial charge in [0.2, 0.25) is 21.8 Å². The molecule has 2 aliphatic heterocycles. The number of thiophene rings is 1. The highest BCUT2D eigenvalue weighted by atomic mass is 35.5. The van der Waals surface area contributed by atoms with Gasteiger partial charge < -0.3 is 25.1 Å². The number of hydrogen-bond acceptors (Lipinski definition) is 8. The lowest BCUT2D eigenvalue weighted by Crippen LogP contribution is -2.57. The fourth-order valence-electron chi connectivity index (χ4n) is 4.52. The molecule has 3 amide bonds. The monoisotopic (exact) mass is 717 g/mol. The van der Waals surface area contributed by atoms with Crippen molar-refractivity contribution in [2.75, 3.05) is 51.2 Å². The van der Waals surface area contributed by atoms with Crippen molar-refractivity contribution >= 4 is 62.3 Å². The molecule has 1 atom stereocenters. The summed E-state index contributed by atoms with van der Waals surface area (Å²) in [7, 11) is -2.82. The predicted octanol–water partition coefficient (Wildman–Crippen LogP) is 2.95. The summed E-state index contributed by atoms with van der Waals surface area (Å²) >= 11 is 6.90. The SMILES string of the molecule is CN1CCN(C(=O)[C@H](CNC(=O)c2ccc(Cl)s2)NS(=O)(=O)c2cccc(N3CCCC3=O)c2C(F)F)CC1.O=C(O)C(F)(F)F. The number of carboxylic acid groups (broad SMARTS) is 1. The van der Waals surface area contributed by atoms with Crippen molar-refractivity contribution in [3.05, 3.63) is 45.1 Å². The van der Waals surface area contributed by atoms with Crippen LogP contribution in [0.2, 0.25) is 4.34 Å². The number of carboxylic acids is 1. The lowest BCUT2D eigenvalue weighted by molar-refractivity contribution is -0.192. The number of halogens is 6. The molecule has 1 aromatic carbocycles. The molecule has 2 aliphatic rings. The maximum atomic E-state index is 14.3. The summed E-state index contributed by atoms with van der Waals surface area (Å²) in [5.74, 6) is -4.29. The van der Waals surface area contributed by atoms with Gasteiger partial charge in [0.15, 0.2) is 0 Å². The van der Waals surface area contributed by atoms with Crippen molar-refractivity contribution < 1.29 is 54.7 Å². The van der Waals surface area contributed by atoms with Crippen molar-refractivity contribution in [2.24, 2.45) is 0 Å². The Hall–Kier alpha value is -3.39. The maximum Gasteiger partial charge on any atom is 0.490 e. The Morgan fingerprint density at radius 1 is 1.07 bits per heavy atom. The van der Waals surface area contributed by atoms with E-state index in [0.717, 1.165) is 22.3 Å². The molecule has 0 spiro atoms. The van der Waals surface area contributed by atoms with E-state index in [0.29, 0.717) is 36.9 Å². The highest BCUT2D eigenvalue weighted by Gasteiger charge is 2.38. The van der Waals surface area contributed by atoms with Crippen molar-refractivity contribution in [1.82, 2.24) is 19.8 Å². The van der Waals surface area contributed by atoms with Gasteiger partial charge in [-0.15, -0.1) is 11.3 Å². The number of amides is 3. The van der Waals surface area contributed by atoms with E-state index in [1.54, 1.807) is 0 Å². The van der Waals surface area contributed by atoms with Crippen LogP contribution in [0, 0.1) is 0 Å². The second-order valence-electron chi connectivity index (χ2n) is 10.1. The van der Waals surface area contributed by atoms with E-state index in [9.17, 15) is 44.8 Å². The molecule has 0 aliphatic carbocycles. The van der Waals surface area contributed by atoms with E-state index in [4.69, 9.17) is 21.5 Å². The zero-order chi connectivity index (χ0) is 34.4. The van der Waals surface area contributed by atoms with Crippen molar-refractivity contribution in [2.45, 2.75) is 36.4 Å². The molecule has 4 rings (SSSR count). The first-order valence-corrected chi connectivity index (χ1v) is 16.1. The third-order valence-corrected chi connectivity index (χ3v) is 9.59. The normalized spacial score (nSPS) is 16.7.